The molecule has 33 heavy (non-hydrogen) atoms. The third-order valence-electron chi connectivity index (χ3n) is 7.99. The average molecular weight is 440 g/mol. The smallest absolute Gasteiger partial charge is 0.399 e. The summed E-state index contributed by atoms with van der Waals surface area (Å²) < 4.78 is 13.0. The topological polar surface area (TPSA) is 18.5 Å². The standard InChI is InChI=1S/C30H37BO2/c1-27(2,3)18-11-12-20-21-13-14-25(31-32-29(7,8)30(9,10)33-31)24-17-19(28(4,5)6)16-23(26(21)24)22(20)15-18/h11-17H,1-10H3. The van der Waals surface area contributed by atoms with Crippen LogP contribution < -0.4 is 5.46 Å². The van der Waals surface area contributed by atoms with E-state index in [1.54, 1.807) is 0 Å². The fraction of sp³-hybridized carbons (Fsp3) is 0.467. The summed E-state index contributed by atoms with van der Waals surface area (Å²) in [5.41, 5.74) is 8.59. The SMILES string of the molecule is CC(C)(C)c1ccc2c(c1)-c1cc(C(C)(C)C)cc3c(B4OC(C)(C)C(C)(C)O4)ccc-2c13. The minimum absolute atomic E-state index is 0.0400. The maximum Gasteiger partial charge on any atom is 0.495 e. The van der Waals surface area contributed by atoms with Crippen molar-refractivity contribution in [3.63, 3.8) is 0 Å². The molecule has 3 aromatic carbocycles. The van der Waals surface area contributed by atoms with Crippen molar-refractivity contribution in [2.24, 2.45) is 0 Å². The van der Waals surface area contributed by atoms with E-state index in [1.165, 1.54) is 44.2 Å². The first-order valence-electron chi connectivity index (χ1n) is 12.2. The maximum absolute atomic E-state index is 6.50. The van der Waals surface area contributed by atoms with Gasteiger partial charge in [-0.25, -0.2) is 0 Å². The predicted octanol–water partition coefficient (Wildman–Crippen LogP) is 7.38. The summed E-state index contributed by atoms with van der Waals surface area (Å²) in [7, 11) is -0.374. The van der Waals surface area contributed by atoms with Crippen LogP contribution in [0.5, 0.6) is 0 Å². The molecule has 3 heteroatoms. The predicted molar refractivity (Wildman–Crippen MR) is 141 cm³/mol. The van der Waals surface area contributed by atoms with Gasteiger partial charge in [-0.05, 0) is 100 Å². The Labute approximate surface area is 199 Å². The van der Waals surface area contributed by atoms with E-state index in [2.05, 4.69) is 112 Å². The summed E-state index contributed by atoms with van der Waals surface area (Å²) in [6.45, 7) is 22.2. The van der Waals surface area contributed by atoms with Crippen molar-refractivity contribution in [3.8, 4) is 22.3 Å². The van der Waals surface area contributed by atoms with Gasteiger partial charge in [0.1, 0.15) is 0 Å². The molecule has 1 aliphatic heterocycles. The number of hydrogen-bond acceptors (Lipinski definition) is 2. The molecule has 1 heterocycles. The van der Waals surface area contributed by atoms with E-state index >= 15 is 0 Å². The van der Waals surface area contributed by atoms with E-state index in [0.717, 1.165) is 5.46 Å². The van der Waals surface area contributed by atoms with Crippen molar-refractivity contribution < 1.29 is 9.31 Å². The number of hydrogen-bond donors (Lipinski definition) is 0. The van der Waals surface area contributed by atoms with Gasteiger partial charge in [0.2, 0.25) is 0 Å². The molecular formula is C30H37BO2. The molecule has 5 rings (SSSR count). The molecule has 0 unspecified atom stereocenters. The molecule has 0 aromatic heterocycles. The lowest BCUT2D eigenvalue weighted by atomic mass is 9.73. The normalized spacial score (nSPS) is 18.8. The fourth-order valence-corrected chi connectivity index (χ4v) is 5.02. The highest BCUT2D eigenvalue weighted by atomic mass is 16.7. The van der Waals surface area contributed by atoms with Crippen molar-refractivity contribution in [2.45, 2.75) is 91.3 Å². The Kier molecular flexibility index (Phi) is 4.63. The van der Waals surface area contributed by atoms with Crippen molar-refractivity contribution in [1.29, 1.82) is 0 Å². The highest BCUT2D eigenvalue weighted by Gasteiger charge is 2.52. The molecule has 0 radical (unpaired) electrons. The van der Waals surface area contributed by atoms with Gasteiger partial charge in [-0.1, -0.05) is 71.9 Å². The van der Waals surface area contributed by atoms with Gasteiger partial charge in [0.15, 0.2) is 0 Å². The minimum Gasteiger partial charge on any atom is -0.399 e. The van der Waals surface area contributed by atoms with Gasteiger partial charge < -0.3 is 9.31 Å². The first-order chi connectivity index (χ1) is 15.1. The van der Waals surface area contributed by atoms with Gasteiger partial charge in [-0.2, -0.15) is 0 Å². The Morgan fingerprint density at radius 3 is 1.73 bits per heavy atom. The van der Waals surface area contributed by atoms with Gasteiger partial charge in [0.25, 0.3) is 0 Å². The summed E-state index contributed by atoms with van der Waals surface area (Å²) in [5, 5.41) is 2.58. The molecule has 172 valence electrons. The summed E-state index contributed by atoms with van der Waals surface area (Å²) >= 11 is 0. The molecule has 1 saturated heterocycles. The number of rotatable bonds is 1. The van der Waals surface area contributed by atoms with Gasteiger partial charge >= 0.3 is 7.12 Å². The van der Waals surface area contributed by atoms with E-state index in [0.29, 0.717) is 0 Å². The van der Waals surface area contributed by atoms with Crippen LogP contribution in [-0.4, -0.2) is 18.3 Å². The van der Waals surface area contributed by atoms with Gasteiger partial charge in [0.05, 0.1) is 11.2 Å². The number of benzene rings is 3. The maximum atomic E-state index is 6.50. The zero-order chi connectivity index (χ0) is 24.1. The highest BCUT2D eigenvalue weighted by molar-refractivity contribution is 6.65. The molecule has 0 amide bonds. The molecule has 0 spiro atoms. The van der Waals surface area contributed by atoms with Crippen LogP contribution >= 0.6 is 0 Å². The third kappa shape index (κ3) is 3.39. The second kappa shape index (κ2) is 6.74. The zero-order valence-electron chi connectivity index (χ0n) is 21.9. The van der Waals surface area contributed by atoms with Crippen molar-refractivity contribution in [2.75, 3.05) is 0 Å². The van der Waals surface area contributed by atoms with Crippen LogP contribution in [0.4, 0.5) is 0 Å². The van der Waals surface area contributed by atoms with E-state index < -0.39 is 0 Å². The summed E-state index contributed by atoms with van der Waals surface area (Å²) in [4.78, 5) is 0. The fourth-order valence-electron chi connectivity index (χ4n) is 5.02. The summed E-state index contributed by atoms with van der Waals surface area (Å²) in [5.74, 6) is 0. The first kappa shape index (κ1) is 22.7. The molecule has 1 aliphatic carbocycles. The Bertz CT molecular complexity index is 1270. The van der Waals surface area contributed by atoms with E-state index in [1.807, 2.05) is 0 Å². The highest BCUT2D eigenvalue weighted by Crippen LogP contribution is 2.50. The molecule has 0 atom stereocenters. The number of fused-ring (bicyclic) bond motifs is 3. The molecule has 2 aliphatic rings. The van der Waals surface area contributed by atoms with Crippen LogP contribution in [-0.2, 0) is 20.1 Å². The second-order valence-corrected chi connectivity index (χ2v) is 13.0. The summed E-state index contributed by atoms with van der Waals surface area (Å²) in [6, 6.07) is 16.3. The van der Waals surface area contributed by atoms with Gasteiger partial charge in [-0.15, -0.1) is 0 Å². The Morgan fingerprint density at radius 1 is 0.606 bits per heavy atom. The van der Waals surface area contributed by atoms with Crippen LogP contribution in [0.3, 0.4) is 0 Å². The lowest BCUT2D eigenvalue weighted by molar-refractivity contribution is 0.00578. The van der Waals surface area contributed by atoms with Crippen LogP contribution in [0, 0.1) is 0 Å². The van der Waals surface area contributed by atoms with Gasteiger partial charge in [0, 0.05) is 0 Å². The zero-order valence-corrected chi connectivity index (χ0v) is 21.9. The molecule has 2 nitrogen and oxygen atoms in total. The molecule has 0 N–H and O–H groups in total. The molecule has 0 bridgehead atoms. The van der Waals surface area contributed by atoms with Crippen LogP contribution in [0.15, 0.2) is 42.5 Å². The van der Waals surface area contributed by atoms with Gasteiger partial charge in [-0.3, -0.25) is 0 Å². The first-order valence-corrected chi connectivity index (χ1v) is 12.2. The summed E-state index contributed by atoms with van der Waals surface area (Å²) in [6.07, 6.45) is 0. The Balaban J connectivity index is 1.79. The molecule has 1 fully saturated rings. The molecule has 0 saturated carbocycles. The Morgan fingerprint density at radius 2 is 1.15 bits per heavy atom. The third-order valence-corrected chi connectivity index (χ3v) is 7.99. The van der Waals surface area contributed by atoms with Crippen LogP contribution in [0.25, 0.3) is 33.0 Å². The molecule has 3 aromatic rings. The Hall–Kier alpha value is -2.10. The minimum atomic E-state index is -0.374. The van der Waals surface area contributed by atoms with E-state index in [-0.39, 0.29) is 29.2 Å². The second-order valence-electron chi connectivity index (χ2n) is 13.0. The largest absolute Gasteiger partial charge is 0.495 e. The monoisotopic (exact) mass is 440 g/mol. The van der Waals surface area contributed by atoms with Crippen molar-refractivity contribution >= 4 is 23.4 Å². The van der Waals surface area contributed by atoms with Crippen molar-refractivity contribution in [1.82, 2.24) is 0 Å². The average Bonchev–Trinajstić information content (AvgIpc) is 3.11. The molecular weight excluding hydrogens is 403 g/mol. The van der Waals surface area contributed by atoms with E-state index in [9.17, 15) is 0 Å². The van der Waals surface area contributed by atoms with E-state index in [4.69, 9.17) is 9.31 Å². The van der Waals surface area contributed by atoms with Crippen LogP contribution in [0.2, 0.25) is 0 Å². The van der Waals surface area contributed by atoms with Crippen LogP contribution in [0.1, 0.15) is 80.4 Å². The lowest BCUT2D eigenvalue weighted by Crippen LogP contribution is -2.41. The quantitative estimate of drug-likeness (QED) is 0.288. The lowest BCUT2D eigenvalue weighted by Gasteiger charge is -2.32. The van der Waals surface area contributed by atoms with Crippen molar-refractivity contribution in [3.05, 3.63) is 53.6 Å².